The number of hydrogen-bond acceptors (Lipinski definition) is 13. The Bertz CT molecular complexity index is 2800. The van der Waals surface area contributed by atoms with Crippen LogP contribution in [-0.2, 0) is 88.2 Å². The second-order valence-electron chi connectivity index (χ2n) is 24.8. The first kappa shape index (κ1) is 67.3. The third-order valence-electron chi connectivity index (χ3n) is 13.6. The van der Waals surface area contributed by atoms with Crippen molar-refractivity contribution in [3.63, 3.8) is 0 Å². The highest BCUT2D eigenvalue weighted by atomic mass is 16.6. The topological polar surface area (TPSA) is 193 Å². The SMILES string of the molecule is CC(C)(C)OC(=O)CCc1ccc(CC2CCN(C(=O)OCc3ccccc3)C2)cc1.CC(C)(C)OC(=O)CCc1ccc(CC2CCNC2)cc1.CC(C)(C)OC(=O)CCc1ccc(N)cc1.O=C1CCN(C(=O)OCc2ccccc2)C1. The number of nitrogens with two attached hydrogens (primary N) is 1. The summed E-state index contributed by atoms with van der Waals surface area (Å²) in [6.45, 7) is 21.9. The van der Waals surface area contributed by atoms with Crippen LogP contribution in [0.2, 0.25) is 0 Å². The van der Waals surface area contributed by atoms with E-state index in [0.29, 0.717) is 57.6 Å². The monoisotopic (exact) mass is 1150 g/mol. The first-order valence-corrected chi connectivity index (χ1v) is 29.6. The maximum absolute atomic E-state index is 12.3. The van der Waals surface area contributed by atoms with E-state index in [1.165, 1.54) is 28.0 Å². The summed E-state index contributed by atoms with van der Waals surface area (Å²) in [6.07, 6.45) is 7.52. The molecule has 2 amide bonds. The molecule has 3 N–H and O–H groups in total. The lowest BCUT2D eigenvalue weighted by atomic mass is 9.97. The van der Waals surface area contributed by atoms with Crippen molar-refractivity contribution >= 4 is 41.6 Å². The van der Waals surface area contributed by atoms with Crippen LogP contribution in [0.15, 0.2) is 133 Å². The molecule has 5 aromatic rings. The van der Waals surface area contributed by atoms with Crippen molar-refractivity contribution in [1.29, 1.82) is 0 Å². The van der Waals surface area contributed by atoms with Gasteiger partial charge >= 0.3 is 30.1 Å². The predicted molar refractivity (Wildman–Crippen MR) is 329 cm³/mol. The van der Waals surface area contributed by atoms with E-state index in [1.54, 1.807) is 0 Å². The number of hydrogen-bond donors (Lipinski definition) is 2. The minimum absolute atomic E-state index is 0.0941. The summed E-state index contributed by atoms with van der Waals surface area (Å²) in [6, 6.07) is 43.8. The van der Waals surface area contributed by atoms with Gasteiger partial charge in [-0.25, -0.2) is 9.59 Å². The average molecular weight is 1150 g/mol. The summed E-state index contributed by atoms with van der Waals surface area (Å²) < 4.78 is 26.5. The zero-order valence-corrected chi connectivity index (χ0v) is 51.3. The summed E-state index contributed by atoms with van der Waals surface area (Å²) in [7, 11) is 0. The molecule has 3 aliphatic heterocycles. The maximum atomic E-state index is 12.3. The highest BCUT2D eigenvalue weighted by molar-refractivity contribution is 5.87. The number of nitrogens with one attached hydrogen (secondary N) is 1. The van der Waals surface area contributed by atoms with E-state index < -0.39 is 22.9 Å². The highest BCUT2D eigenvalue weighted by Crippen LogP contribution is 2.23. The van der Waals surface area contributed by atoms with E-state index >= 15 is 0 Å². The number of carbonyl (C=O) groups excluding carboxylic acids is 6. The molecule has 3 heterocycles. The van der Waals surface area contributed by atoms with Gasteiger partial charge in [0, 0.05) is 51.0 Å². The number of ether oxygens (including phenoxy) is 5. The van der Waals surface area contributed by atoms with Crippen LogP contribution in [-0.4, -0.2) is 102 Å². The largest absolute Gasteiger partial charge is 0.460 e. The van der Waals surface area contributed by atoms with Crippen LogP contribution in [0.1, 0.15) is 140 Å². The Hall–Kier alpha value is -7.52. The molecular weight excluding hydrogens is 1060 g/mol. The number of carbonyl (C=O) groups is 6. The standard InChI is InChI=1S/C26H33NO4.C18H27NO2.C13H19NO2.C12H13NO3/c1-26(2,3)31-24(28)14-13-20-9-11-21(12-10-20)17-23-15-16-27(18-23)25(29)30-19-22-7-5-4-6-8-22;1-18(2,3)21-17(20)9-8-14-4-6-15(7-5-14)12-16-10-11-19-13-16;1-13(2,3)16-12(15)9-6-10-4-7-11(14)8-5-10;14-11-6-7-13(8-11)12(15)16-9-10-4-2-1-3-5-10/h4-12,23H,13-19H2,1-3H3;4-7,16,19H,8-13H2,1-3H3;4-5,7-8H,6,9,14H2,1-3H3;1-5H,6-9H2. The molecular formula is C69H92N4O11. The van der Waals surface area contributed by atoms with Gasteiger partial charge in [-0.2, -0.15) is 0 Å². The Labute approximate surface area is 499 Å². The summed E-state index contributed by atoms with van der Waals surface area (Å²) in [5, 5.41) is 3.40. The number of benzene rings is 5. The van der Waals surface area contributed by atoms with Crippen LogP contribution in [0, 0.1) is 11.8 Å². The number of Topliss-reactive ketones (excluding diaryl/α,β-unsaturated/α-hetero) is 1. The first-order valence-electron chi connectivity index (χ1n) is 29.6. The van der Waals surface area contributed by atoms with Crippen molar-refractivity contribution in [2.24, 2.45) is 11.8 Å². The number of esters is 3. The molecule has 15 heteroatoms. The molecule has 3 fully saturated rings. The molecule has 2 atom stereocenters. The van der Waals surface area contributed by atoms with Crippen molar-refractivity contribution in [3.05, 3.63) is 172 Å². The van der Waals surface area contributed by atoms with Gasteiger partial charge in [-0.3, -0.25) is 19.2 Å². The van der Waals surface area contributed by atoms with Gasteiger partial charge in [-0.1, -0.05) is 121 Å². The van der Waals surface area contributed by atoms with Crippen LogP contribution in [0.25, 0.3) is 0 Å². The third-order valence-corrected chi connectivity index (χ3v) is 13.6. The zero-order valence-electron chi connectivity index (χ0n) is 51.3. The Morgan fingerprint density at radius 3 is 1.26 bits per heavy atom. The van der Waals surface area contributed by atoms with Crippen LogP contribution in [0.3, 0.4) is 0 Å². The summed E-state index contributed by atoms with van der Waals surface area (Å²) in [5.74, 6) is 0.862. The summed E-state index contributed by atoms with van der Waals surface area (Å²) in [5.41, 5.74) is 13.1. The van der Waals surface area contributed by atoms with Crippen LogP contribution in [0.4, 0.5) is 15.3 Å². The molecule has 2 unspecified atom stereocenters. The van der Waals surface area contributed by atoms with Crippen molar-refractivity contribution in [1.82, 2.24) is 15.1 Å². The molecule has 8 rings (SSSR count). The molecule has 0 spiro atoms. The lowest BCUT2D eigenvalue weighted by Gasteiger charge is -2.19. The number of likely N-dealkylation sites (tertiary alicyclic amines) is 2. The normalized spacial score (nSPS) is 15.7. The zero-order chi connectivity index (χ0) is 61.1. The summed E-state index contributed by atoms with van der Waals surface area (Å²) in [4.78, 5) is 73.1. The minimum atomic E-state index is -0.440. The Morgan fingerprint density at radius 1 is 0.488 bits per heavy atom. The number of nitrogens with zero attached hydrogens (tertiary/aromatic N) is 2. The molecule has 0 bridgehead atoms. The number of anilines is 1. The number of rotatable bonds is 17. The Balaban J connectivity index is 0.000000214. The van der Waals surface area contributed by atoms with E-state index in [9.17, 15) is 28.8 Å². The molecule has 0 radical (unpaired) electrons. The number of amides is 2. The Morgan fingerprint density at radius 2 is 0.881 bits per heavy atom. The molecule has 454 valence electrons. The Kier molecular flexibility index (Phi) is 27.0. The van der Waals surface area contributed by atoms with E-state index in [2.05, 4.69) is 53.8 Å². The molecule has 3 aliphatic rings. The maximum Gasteiger partial charge on any atom is 0.410 e. The fourth-order valence-electron chi connectivity index (χ4n) is 9.41. The second-order valence-corrected chi connectivity index (χ2v) is 24.8. The second kappa shape index (κ2) is 33.7. The van der Waals surface area contributed by atoms with Gasteiger partial charge in [0.25, 0.3) is 0 Å². The van der Waals surface area contributed by atoms with Gasteiger partial charge in [0.05, 0.1) is 6.54 Å². The van der Waals surface area contributed by atoms with Crippen molar-refractivity contribution in [3.8, 4) is 0 Å². The molecule has 3 saturated heterocycles. The lowest BCUT2D eigenvalue weighted by Crippen LogP contribution is -2.29. The van der Waals surface area contributed by atoms with E-state index in [1.807, 2.05) is 152 Å². The van der Waals surface area contributed by atoms with Gasteiger partial charge in [0.1, 0.15) is 30.0 Å². The fourth-order valence-corrected chi connectivity index (χ4v) is 9.41. The van der Waals surface area contributed by atoms with E-state index in [0.717, 1.165) is 85.7 Å². The first-order chi connectivity index (χ1) is 39.8. The van der Waals surface area contributed by atoms with Crippen molar-refractivity contribution in [2.45, 2.75) is 163 Å². The molecule has 0 saturated carbocycles. The smallest absolute Gasteiger partial charge is 0.410 e. The fraction of sp³-hybridized carbons (Fsp3) is 0.478. The number of nitrogen functional groups attached to an aromatic ring is 1. The highest BCUT2D eigenvalue weighted by Gasteiger charge is 2.28. The van der Waals surface area contributed by atoms with Gasteiger partial charge in [0.15, 0.2) is 5.78 Å². The van der Waals surface area contributed by atoms with Crippen LogP contribution < -0.4 is 11.1 Å². The molecule has 5 aromatic carbocycles. The van der Waals surface area contributed by atoms with Gasteiger partial charge in [0.2, 0.25) is 0 Å². The van der Waals surface area contributed by atoms with E-state index in [-0.39, 0.29) is 42.9 Å². The third kappa shape index (κ3) is 28.2. The minimum Gasteiger partial charge on any atom is -0.460 e. The van der Waals surface area contributed by atoms with Crippen molar-refractivity contribution in [2.75, 3.05) is 45.0 Å². The van der Waals surface area contributed by atoms with Crippen LogP contribution in [0.5, 0.6) is 0 Å². The van der Waals surface area contributed by atoms with Gasteiger partial charge in [-0.05, 0) is 183 Å². The van der Waals surface area contributed by atoms with E-state index in [4.69, 9.17) is 29.4 Å². The predicted octanol–water partition coefficient (Wildman–Crippen LogP) is 12.4. The quantitative estimate of drug-likeness (QED) is 0.0508. The number of aryl methyl sites for hydroxylation is 3. The lowest BCUT2D eigenvalue weighted by molar-refractivity contribution is -0.155. The number of ketones is 1. The molecule has 0 aromatic heterocycles. The molecule has 15 nitrogen and oxygen atoms in total. The molecule has 0 aliphatic carbocycles. The van der Waals surface area contributed by atoms with Gasteiger partial charge in [-0.15, -0.1) is 0 Å². The average Bonchev–Trinajstić information content (AvgIpc) is 4.38. The van der Waals surface area contributed by atoms with Gasteiger partial charge < -0.3 is 44.5 Å². The molecule has 84 heavy (non-hydrogen) atoms. The summed E-state index contributed by atoms with van der Waals surface area (Å²) >= 11 is 0. The van der Waals surface area contributed by atoms with Crippen LogP contribution >= 0.6 is 0 Å². The van der Waals surface area contributed by atoms with Crippen molar-refractivity contribution < 1.29 is 52.5 Å².